The maximum atomic E-state index is 4.34. The van der Waals surface area contributed by atoms with E-state index in [9.17, 15) is 0 Å². The van der Waals surface area contributed by atoms with Crippen molar-refractivity contribution >= 4 is 11.7 Å². The summed E-state index contributed by atoms with van der Waals surface area (Å²) in [6.07, 6.45) is 11.2. The Morgan fingerprint density at radius 3 is 2.45 bits per heavy atom. The zero-order chi connectivity index (χ0) is 13.6. The fraction of sp³-hybridized carbons (Fsp3) is 0.875. The first kappa shape index (κ1) is 13.9. The van der Waals surface area contributed by atoms with E-state index in [-0.39, 0.29) is 0 Å². The lowest BCUT2D eigenvalue weighted by molar-refractivity contribution is -0.509. The van der Waals surface area contributed by atoms with Crippen molar-refractivity contribution in [1.29, 1.82) is 0 Å². The number of rotatable bonds is 0. The second-order valence-electron chi connectivity index (χ2n) is 6.27. The monoisotopic (exact) mass is 277 g/mol. The summed E-state index contributed by atoms with van der Waals surface area (Å²) in [7, 11) is 0. The Kier molecular flexibility index (Phi) is 4.93. The molecule has 4 aliphatic heterocycles. The van der Waals surface area contributed by atoms with Crippen molar-refractivity contribution in [2.75, 3.05) is 39.3 Å². The third-order valence-corrected chi connectivity index (χ3v) is 4.79. The van der Waals surface area contributed by atoms with Crippen LogP contribution in [0.15, 0.2) is 4.99 Å². The van der Waals surface area contributed by atoms with E-state index >= 15 is 0 Å². The molecule has 4 nitrogen and oxygen atoms in total. The van der Waals surface area contributed by atoms with E-state index in [1.54, 1.807) is 0 Å². The number of fused-ring (bicyclic) bond motifs is 1. The second-order valence-corrected chi connectivity index (χ2v) is 6.27. The van der Waals surface area contributed by atoms with Gasteiger partial charge in [0.1, 0.15) is 13.1 Å². The molecule has 0 radical (unpaired) electrons. The minimum atomic E-state index is 1.05. The highest BCUT2D eigenvalue weighted by Crippen LogP contribution is 2.15. The Labute approximate surface area is 123 Å². The molecular weight excluding hydrogens is 248 g/mol. The highest BCUT2D eigenvalue weighted by atomic mass is 15.2. The van der Waals surface area contributed by atoms with E-state index in [1.165, 1.54) is 95.8 Å². The van der Waals surface area contributed by atoms with Gasteiger partial charge in [-0.3, -0.25) is 14.9 Å². The minimum Gasteiger partial charge on any atom is -0.359 e. The highest BCUT2D eigenvalue weighted by Gasteiger charge is 2.24. The number of nitrogens with one attached hydrogen (secondary N) is 1. The molecule has 0 unspecified atom stereocenters. The van der Waals surface area contributed by atoms with Crippen LogP contribution in [-0.2, 0) is 0 Å². The van der Waals surface area contributed by atoms with Crippen molar-refractivity contribution in [3.8, 4) is 0 Å². The summed E-state index contributed by atoms with van der Waals surface area (Å²) in [6.45, 7) is 7.22. The van der Waals surface area contributed by atoms with Crippen LogP contribution in [0.2, 0.25) is 0 Å². The Bertz CT molecular complexity index is 350. The molecule has 1 aliphatic carbocycles. The zero-order valence-corrected chi connectivity index (χ0v) is 12.7. The van der Waals surface area contributed by atoms with E-state index < -0.39 is 0 Å². The Hall–Kier alpha value is -1.06. The van der Waals surface area contributed by atoms with Crippen molar-refractivity contribution in [2.45, 2.75) is 51.4 Å². The molecule has 5 rings (SSSR count). The third-order valence-electron chi connectivity index (χ3n) is 4.79. The Morgan fingerprint density at radius 1 is 0.900 bits per heavy atom. The van der Waals surface area contributed by atoms with Gasteiger partial charge in [-0.1, -0.05) is 25.7 Å². The maximum absolute atomic E-state index is 4.34. The topological polar surface area (TPSA) is 30.6 Å². The predicted octanol–water partition coefficient (Wildman–Crippen LogP) is 1.85. The van der Waals surface area contributed by atoms with Crippen molar-refractivity contribution in [3.63, 3.8) is 0 Å². The largest absolute Gasteiger partial charge is 0.359 e. The molecule has 0 amide bonds. The lowest BCUT2D eigenvalue weighted by Crippen LogP contribution is -2.20. The van der Waals surface area contributed by atoms with Gasteiger partial charge in [0.2, 0.25) is 5.84 Å². The molecule has 2 fully saturated rings. The average molecular weight is 277 g/mol. The van der Waals surface area contributed by atoms with Gasteiger partial charge >= 0.3 is 0 Å². The molecule has 0 aromatic carbocycles. The zero-order valence-electron chi connectivity index (χ0n) is 12.7. The SMILES string of the molecule is C1CC2=NCCN2C1.C1CC2=[N+](C1)CCN2.C1CCC1. The smallest absolute Gasteiger partial charge is 0.245 e. The molecule has 0 bridgehead atoms. The van der Waals surface area contributed by atoms with Crippen LogP contribution in [0.25, 0.3) is 0 Å². The molecule has 5 aliphatic rings. The van der Waals surface area contributed by atoms with Crippen LogP contribution in [0.1, 0.15) is 51.4 Å². The van der Waals surface area contributed by atoms with E-state index in [1.807, 2.05) is 0 Å². The van der Waals surface area contributed by atoms with Crippen LogP contribution in [0.5, 0.6) is 0 Å². The molecule has 4 heterocycles. The first-order chi connectivity index (χ1) is 9.93. The number of hydrogen-bond donors (Lipinski definition) is 1. The van der Waals surface area contributed by atoms with Crippen molar-refractivity contribution in [2.24, 2.45) is 4.99 Å². The van der Waals surface area contributed by atoms with E-state index in [0.29, 0.717) is 0 Å². The lowest BCUT2D eigenvalue weighted by atomic mass is 10.0. The summed E-state index contributed by atoms with van der Waals surface area (Å²) in [5.41, 5.74) is 0. The molecule has 112 valence electrons. The molecule has 1 N–H and O–H groups in total. The third kappa shape index (κ3) is 3.53. The van der Waals surface area contributed by atoms with Gasteiger partial charge in [-0.15, -0.1) is 0 Å². The van der Waals surface area contributed by atoms with Gasteiger partial charge in [0.15, 0.2) is 0 Å². The molecular formula is C16H29N4+. The highest BCUT2D eigenvalue weighted by molar-refractivity contribution is 5.85. The quantitative estimate of drug-likeness (QED) is 0.685. The van der Waals surface area contributed by atoms with Crippen LogP contribution >= 0.6 is 0 Å². The predicted molar refractivity (Wildman–Crippen MR) is 83.8 cm³/mol. The van der Waals surface area contributed by atoms with Crippen molar-refractivity contribution in [1.82, 2.24) is 10.2 Å². The summed E-state index contributed by atoms with van der Waals surface area (Å²) in [5, 5.41) is 3.36. The Morgan fingerprint density at radius 2 is 1.75 bits per heavy atom. The van der Waals surface area contributed by atoms with Gasteiger partial charge in [0, 0.05) is 19.5 Å². The van der Waals surface area contributed by atoms with Gasteiger partial charge < -0.3 is 4.90 Å². The average Bonchev–Trinajstić information content (AvgIpc) is 3.08. The molecule has 1 saturated carbocycles. The maximum Gasteiger partial charge on any atom is 0.245 e. The second kappa shape index (κ2) is 7.09. The first-order valence-electron chi connectivity index (χ1n) is 8.56. The molecule has 0 spiro atoms. The normalized spacial score (nSPS) is 25.6. The molecule has 4 heteroatoms. The van der Waals surface area contributed by atoms with Crippen LogP contribution in [0.4, 0.5) is 0 Å². The van der Waals surface area contributed by atoms with Crippen LogP contribution in [0.3, 0.4) is 0 Å². The van der Waals surface area contributed by atoms with E-state index in [0.717, 1.165) is 6.54 Å². The standard InChI is InChI=1S/2C6H10N2.C4H8/c2*1-2-6-7-3-5-8(6)4-1;1-2-4-3-1/h2*1-5H2;1-4H2/p+1. The van der Waals surface area contributed by atoms with Gasteiger partial charge in [-0.25, -0.2) is 0 Å². The van der Waals surface area contributed by atoms with E-state index in [4.69, 9.17) is 0 Å². The van der Waals surface area contributed by atoms with Crippen LogP contribution < -0.4 is 5.32 Å². The van der Waals surface area contributed by atoms with Gasteiger partial charge in [0.25, 0.3) is 0 Å². The van der Waals surface area contributed by atoms with Gasteiger partial charge in [0.05, 0.1) is 25.3 Å². The number of amidine groups is 2. The number of hydrogen-bond acceptors (Lipinski definition) is 3. The summed E-state index contributed by atoms with van der Waals surface area (Å²) in [5.74, 6) is 2.86. The fourth-order valence-electron chi connectivity index (χ4n) is 3.20. The van der Waals surface area contributed by atoms with Crippen molar-refractivity contribution in [3.05, 3.63) is 0 Å². The summed E-state index contributed by atoms with van der Waals surface area (Å²) in [6, 6.07) is 0. The first-order valence-corrected chi connectivity index (χ1v) is 8.56. The summed E-state index contributed by atoms with van der Waals surface area (Å²) in [4.78, 5) is 6.73. The Balaban J connectivity index is 0.0000000962. The van der Waals surface area contributed by atoms with Gasteiger partial charge in [-0.2, -0.15) is 0 Å². The van der Waals surface area contributed by atoms with Crippen LogP contribution in [0, 0.1) is 0 Å². The number of nitrogens with zero attached hydrogens (tertiary/aromatic N) is 3. The van der Waals surface area contributed by atoms with Gasteiger partial charge in [-0.05, 0) is 12.8 Å². The van der Waals surface area contributed by atoms with Crippen molar-refractivity contribution < 1.29 is 4.58 Å². The fourth-order valence-corrected chi connectivity index (χ4v) is 3.20. The molecule has 0 aromatic heterocycles. The van der Waals surface area contributed by atoms with E-state index in [2.05, 4.69) is 19.8 Å². The molecule has 20 heavy (non-hydrogen) atoms. The summed E-state index contributed by atoms with van der Waals surface area (Å²) >= 11 is 0. The molecule has 1 saturated heterocycles. The minimum absolute atomic E-state index is 1.05. The molecule has 0 atom stereocenters. The van der Waals surface area contributed by atoms with Crippen LogP contribution in [-0.4, -0.2) is 60.4 Å². The lowest BCUT2D eigenvalue weighted by Gasteiger charge is -2.08. The molecule has 0 aromatic rings. The number of aliphatic imine (C=N–C) groups is 1. The summed E-state index contributed by atoms with van der Waals surface area (Å²) < 4.78 is 2.44.